The molecule has 0 fully saturated rings. The highest BCUT2D eigenvalue weighted by atomic mass is 32.2. The van der Waals surface area contributed by atoms with E-state index >= 15 is 0 Å². The predicted octanol–water partition coefficient (Wildman–Crippen LogP) is 1.76. The van der Waals surface area contributed by atoms with Gasteiger partial charge in [0.1, 0.15) is 0 Å². The third kappa shape index (κ3) is 2.77. The summed E-state index contributed by atoms with van der Waals surface area (Å²) in [7, 11) is -4.10. The molecule has 2 aliphatic rings. The third-order valence-electron chi connectivity index (χ3n) is 4.72. The lowest BCUT2D eigenvalue weighted by molar-refractivity contribution is 0.0944. The maximum atomic E-state index is 12.8. The second kappa shape index (κ2) is 6.19. The number of hydrogen-bond acceptors (Lipinski definition) is 6. The number of rotatable bonds is 4. The number of amides is 2. The summed E-state index contributed by atoms with van der Waals surface area (Å²) in [4.78, 5) is 26.4. The van der Waals surface area contributed by atoms with Crippen LogP contribution in [0.4, 0.5) is 5.69 Å². The Morgan fingerprint density at radius 3 is 2.72 bits per heavy atom. The molecule has 0 atom stereocenters. The molecule has 3 aromatic rings. The number of nitrogens with one attached hydrogen (secondary N) is 3. The first-order valence-corrected chi connectivity index (χ1v) is 10.0. The van der Waals surface area contributed by atoms with Crippen molar-refractivity contribution in [2.45, 2.75) is 4.90 Å². The van der Waals surface area contributed by atoms with Crippen molar-refractivity contribution in [2.24, 2.45) is 0 Å². The van der Waals surface area contributed by atoms with Crippen LogP contribution in [0.5, 0.6) is 11.5 Å². The van der Waals surface area contributed by atoms with Gasteiger partial charge in [-0.15, -0.1) is 4.83 Å². The number of carbonyl (C=O) groups is 2. The smallest absolute Gasteiger partial charge is 0.266 e. The first-order valence-electron chi connectivity index (χ1n) is 8.53. The highest BCUT2D eigenvalue weighted by Crippen LogP contribution is 2.36. The van der Waals surface area contributed by atoms with Gasteiger partial charge in [-0.1, -0.05) is 12.1 Å². The molecule has 3 aromatic carbocycles. The molecule has 0 bridgehead atoms. The Balaban J connectivity index is 1.43. The van der Waals surface area contributed by atoms with E-state index in [4.69, 9.17) is 9.47 Å². The van der Waals surface area contributed by atoms with Crippen molar-refractivity contribution in [1.29, 1.82) is 0 Å². The molecule has 0 radical (unpaired) electrons. The van der Waals surface area contributed by atoms with Crippen LogP contribution in [0.1, 0.15) is 20.7 Å². The number of carbonyl (C=O) groups excluding carboxylic acids is 2. The van der Waals surface area contributed by atoms with Crippen LogP contribution in [-0.4, -0.2) is 27.0 Å². The van der Waals surface area contributed by atoms with Crippen molar-refractivity contribution in [3.8, 4) is 11.5 Å². The number of fused-ring (bicyclic) bond motifs is 1. The second-order valence-corrected chi connectivity index (χ2v) is 8.07. The van der Waals surface area contributed by atoms with Crippen LogP contribution < -0.4 is 25.0 Å². The molecular formula is C19H13N3O6S. The molecule has 29 heavy (non-hydrogen) atoms. The average molecular weight is 411 g/mol. The molecule has 9 nitrogen and oxygen atoms in total. The average Bonchev–Trinajstić information content (AvgIpc) is 3.31. The van der Waals surface area contributed by atoms with Crippen LogP contribution >= 0.6 is 0 Å². The van der Waals surface area contributed by atoms with Gasteiger partial charge in [0.25, 0.3) is 21.8 Å². The van der Waals surface area contributed by atoms with Gasteiger partial charge in [-0.3, -0.25) is 15.0 Å². The summed E-state index contributed by atoms with van der Waals surface area (Å²) in [6, 6.07) is 12.3. The van der Waals surface area contributed by atoms with Crippen LogP contribution in [0, 0.1) is 0 Å². The number of ether oxygens (including phenoxy) is 2. The molecule has 0 aliphatic carbocycles. The van der Waals surface area contributed by atoms with Crippen molar-refractivity contribution < 1.29 is 27.5 Å². The number of sulfonamides is 1. The van der Waals surface area contributed by atoms with E-state index in [1.165, 1.54) is 24.3 Å². The van der Waals surface area contributed by atoms with Crippen molar-refractivity contribution in [1.82, 2.24) is 10.3 Å². The van der Waals surface area contributed by atoms with Gasteiger partial charge in [0.15, 0.2) is 11.5 Å². The standard InChI is InChI=1S/C19H13N3O6S/c23-18(10-4-6-14-15(8-10)28-9-27-14)21-22-29(25,26)16-7-5-13-17-11(16)2-1-3-12(17)19(24)20-13/h1-8,22H,9H2,(H,20,24)(H,21,23). The van der Waals surface area contributed by atoms with Crippen LogP contribution in [0.3, 0.4) is 0 Å². The van der Waals surface area contributed by atoms with E-state index in [0.717, 1.165) is 0 Å². The van der Waals surface area contributed by atoms with E-state index in [2.05, 4.69) is 15.6 Å². The molecule has 2 aliphatic heterocycles. The Kier molecular flexibility index (Phi) is 3.73. The first kappa shape index (κ1) is 17.5. The monoisotopic (exact) mass is 411 g/mol. The molecule has 0 saturated carbocycles. The summed E-state index contributed by atoms with van der Waals surface area (Å²) < 4.78 is 36.0. The Morgan fingerprint density at radius 2 is 1.86 bits per heavy atom. The fraction of sp³-hybridized carbons (Fsp3) is 0.0526. The van der Waals surface area contributed by atoms with Crippen molar-refractivity contribution in [2.75, 3.05) is 12.1 Å². The zero-order chi connectivity index (χ0) is 20.2. The number of benzene rings is 3. The lowest BCUT2D eigenvalue weighted by Crippen LogP contribution is -2.41. The number of hydrogen-bond donors (Lipinski definition) is 3. The zero-order valence-electron chi connectivity index (χ0n) is 14.7. The van der Waals surface area contributed by atoms with Gasteiger partial charge in [-0.05, 0) is 36.4 Å². The summed E-state index contributed by atoms with van der Waals surface area (Å²) >= 11 is 0. The van der Waals surface area contributed by atoms with Gasteiger partial charge >= 0.3 is 0 Å². The van der Waals surface area contributed by atoms with E-state index < -0.39 is 15.9 Å². The van der Waals surface area contributed by atoms with Gasteiger partial charge in [0.2, 0.25) is 6.79 Å². The Hall–Kier alpha value is -3.63. The van der Waals surface area contributed by atoms with Gasteiger partial charge in [-0.25, -0.2) is 8.42 Å². The summed E-state index contributed by atoms with van der Waals surface area (Å²) in [5, 5.41) is 3.60. The summed E-state index contributed by atoms with van der Waals surface area (Å²) in [5.74, 6) is -0.0257. The van der Waals surface area contributed by atoms with E-state index in [0.29, 0.717) is 33.5 Å². The minimum atomic E-state index is -4.10. The Bertz CT molecular complexity index is 1320. The maximum Gasteiger partial charge on any atom is 0.266 e. The first-order chi connectivity index (χ1) is 13.9. The van der Waals surface area contributed by atoms with Gasteiger partial charge in [-0.2, -0.15) is 0 Å². The molecule has 2 heterocycles. The largest absolute Gasteiger partial charge is 0.454 e. The van der Waals surface area contributed by atoms with E-state index in [1.54, 1.807) is 24.3 Å². The van der Waals surface area contributed by atoms with E-state index in [-0.39, 0.29) is 23.2 Å². The van der Waals surface area contributed by atoms with Crippen molar-refractivity contribution in [3.63, 3.8) is 0 Å². The molecule has 0 aromatic heterocycles. The molecule has 10 heteroatoms. The second-order valence-electron chi connectivity index (χ2n) is 6.42. The van der Waals surface area contributed by atoms with Crippen LogP contribution in [-0.2, 0) is 10.0 Å². The van der Waals surface area contributed by atoms with Crippen molar-refractivity contribution >= 4 is 38.3 Å². The molecule has 0 saturated heterocycles. The predicted molar refractivity (Wildman–Crippen MR) is 102 cm³/mol. The topological polar surface area (TPSA) is 123 Å². The summed E-state index contributed by atoms with van der Waals surface area (Å²) in [6.45, 7) is 0.0649. The van der Waals surface area contributed by atoms with Crippen LogP contribution in [0.25, 0.3) is 10.8 Å². The number of anilines is 1. The Labute approximate surface area is 164 Å². The van der Waals surface area contributed by atoms with E-state index in [9.17, 15) is 18.0 Å². The highest BCUT2D eigenvalue weighted by molar-refractivity contribution is 7.89. The number of hydrazine groups is 1. The molecule has 0 spiro atoms. The quantitative estimate of drug-likeness (QED) is 0.562. The minimum absolute atomic E-state index is 0.0550. The molecule has 2 amide bonds. The van der Waals surface area contributed by atoms with Crippen LogP contribution in [0.15, 0.2) is 53.4 Å². The minimum Gasteiger partial charge on any atom is -0.454 e. The Morgan fingerprint density at radius 1 is 1.03 bits per heavy atom. The third-order valence-corrected chi connectivity index (χ3v) is 6.02. The molecule has 0 unspecified atom stereocenters. The molecule has 3 N–H and O–H groups in total. The lowest BCUT2D eigenvalue weighted by atomic mass is 10.1. The van der Waals surface area contributed by atoms with Gasteiger partial charge < -0.3 is 14.8 Å². The molecule has 5 rings (SSSR count). The highest BCUT2D eigenvalue weighted by Gasteiger charge is 2.26. The normalized spacial score (nSPS) is 14.1. The van der Waals surface area contributed by atoms with E-state index in [1.807, 2.05) is 0 Å². The fourth-order valence-corrected chi connectivity index (χ4v) is 4.42. The van der Waals surface area contributed by atoms with Crippen LogP contribution in [0.2, 0.25) is 0 Å². The molecule has 146 valence electrons. The zero-order valence-corrected chi connectivity index (χ0v) is 15.5. The SMILES string of the molecule is O=C(NNS(=O)(=O)c1ccc2c3c(cccc13)C(=O)N2)c1ccc2c(c1)OCO2. The summed E-state index contributed by atoms with van der Waals surface area (Å²) in [5.41, 5.74) is 3.34. The van der Waals surface area contributed by atoms with Gasteiger partial charge in [0, 0.05) is 27.6 Å². The molecular weight excluding hydrogens is 398 g/mol. The van der Waals surface area contributed by atoms with Gasteiger partial charge in [0.05, 0.1) is 4.90 Å². The fourth-order valence-electron chi connectivity index (χ4n) is 3.38. The summed E-state index contributed by atoms with van der Waals surface area (Å²) in [6.07, 6.45) is 0. The maximum absolute atomic E-state index is 12.8. The van der Waals surface area contributed by atoms with Crippen molar-refractivity contribution in [3.05, 3.63) is 59.7 Å². The lowest BCUT2D eigenvalue weighted by Gasteiger charge is -2.11.